The van der Waals surface area contributed by atoms with E-state index in [0.29, 0.717) is 22.4 Å². The standard InChI is InChI=1S/C19H12N4O3/c20-10-15-17(11-3-1-4-12(9-11)23(24)25)14-6-7-16-13(5-2-8-22-16)18(14)26-19(15)21/h1-9,15,17,21H. The van der Waals surface area contributed by atoms with Crippen LogP contribution in [0.4, 0.5) is 5.69 Å². The van der Waals surface area contributed by atoms with E-state index in [9.17, 15) is 15.4 Å². The maximum Gasteiger partial charge on any atom is 0.269 e. The Kier molecular flexibility index (Phi) is 3.59. The van der Waals surface area contributed by atoms with Gasteiger partial charge in [-0.2, -0.15) is 5.26 Å². The van der Waals surface area contributed by atoms with Gasteiger partial charge in [-0.3, -0.25) is 20.5 Å². The normalized spacial score (nSPS) is 18.7. The molecule has 1 aliphatic heterocycles. The number of nitrogens with one attached hydrogen (secondary N) is 1. The molecule has 0 saturated heterocycles. The summed E-state index contributed by atoms with van der Waals surface area (Å²) in [5, 5.41) is 29.6. The predicted octanol–water partition coefficient (Wildman–Crippen LogP) is 3.78. The Labute approximate surface area is 148 Å². The van der Waals surface area contributed by atoms with Gasteiger partial charge in [0, 0.05) is 35.2 Å². The van der Waals surface area contributed by atoms with Crippen LogP contribution in [0.3, 0.4) is 0 Å². The third-order valence-corrected chi connectivity index (χ3v) is 4.51. The van der Waals surface area contributed by atoms with Gasteiger partial charge in [0.25, 0.3) is 5.69 Å². The maximum atomic E-state index is 11.1. The summed E-state index contributed by atoms with van der Waals surface area (Å²) in [4.78, 5) is 14.9. The number of non-ortho nitro benzene ring substituents is 1. The highest BCUT2D eigenvalue weighted by Crippen LogP contribution is 2.45. The van der Waals surface area contributed by atoms with Gasteiger partial charge in [0.15, 0.2) is 0 Å². The Balaban J connectivity index is 1.98. The fourth-order valence-electron chi connectivity index (χ4n) is 3.34. The van der Waals surface area contributed by atoms with E-state index < -0.39 is 16.8 Å². The van der Waals surface area contributed by atoms with Gasteiger partial charge in [-0.15, -0.1) is 0 Å². The summed E-state index contributed by atoms with van der Waals surface area (Å²) in [6.45, 7) is 0. The van der Waals surface area contributed by atoms with Crippen molar-refractivity contribution in [2.24, 2.45) is 5.92 Å². The number of hydrogen-bond donors (Lipinski definition) is 1. The molecule has 0 spiro atoms. The van der Waals surface area contributed by atoms with E-state index in [1.165, 1.54) is 12.1 Å². The number of nitro groups is 1. The Morgan fingerprint density at radius 1 is 1.23 bits per heavy atom. The van der Waals surface area contributed by atoms with Crippen molar-refractivity contribution in [1.29, 1.82) is 10.7 Å². The van der Waals surface area contributed by atoms with Crippen LogP contribution in [0.2, 0.25) is 0 Å². The third kappa shape index (κ3) is 2.36. The van der Waals surface area contributed by atoms with Crippen molar-refractivity contribution in [3.63, 3.8) is 0 Å². The molecule has 7 heteroatoms. The first-order valence-corrected chi connectivity index (χ1v) is 7.88. The first-order chi connectivity index (χ1) is 12.6. The molecular weight excluding hydrogens is 332 g/mol. The van der Waals surface area contributed by atoms with Gasteiger partial charge in [-0.25, -0.2) is 0 Å². The summed E-state index contributed by atoms with van der Waals surface area (Å²) in [6.07, 6.45) is 1.67. The second-order valence-electron chi connectivity index (χ2n) is 5.96. The highest BCUT2D eigenvalue weighted by Gasteiger charge is 2.38. The second kappa shape index (κ2) is 5.93. The molecule has 0 fully saturated rings. The highest BCUT2D eigenvalue weighted by molar-refractivity contribution is 5.94. The molecule has 1 aromatic heterocycles. The monoisotopic (exact) mass is 344 g/mol. The van der Waals surface area contributed by atoms with E-state index in [1.807, 2.05) is 18.2 Å². The number of hydrogen-bond acceptors (Lipinski definition) is 6. The van der Waals surface area contributed by atoms with Gasteiger partial charge in [0.1, 0.15) is 11.7 Å². The van der Waals surface area contributed by atoms with Crippen molar-refractivity contribution in [1.82, 2.24) is 4.98 Å². The second-order valence-corrected chi connectivity index (χ2v) is 5.96. The van der Waals surface area contributed by atoms with Crippen molar-refractivity contribution >= 4 is 22.5 Å². The van der Waals surface area contributed by atoms with Crippen LogP contribution in [0, 0.1) is 32.8 Å². The Morgan fingerprint density at radius 2 is 2.08 bits per heavy atom. The van der Waals surface area contributed by atoms with Crippen LogP contribution >= 0.6 is 0 Å². The average Bonchev–Trinajstić information content (AvgIpc) is 2.67. The lowest BCUT2D eigenvalue weighted by Crippen LogP contribution is -2.31. The van der Waals surface area contributed by atoms with Crippen LogP contribution in [0.15, 0.2) is 54.7 Å². The summed E-state index contributed by atoms with van der Waals surface area (Å²) in [6, 6.07) is 15.5. The number of nitriles is 1. The minimum atomic E-state index is -0.862. The minimum absolute atomic E-state index is 0.0544. The predicted molar refractivity (Wildman–Crippen MR) is 94.1 cm³/mol. The van der Waals surface area contributed by atoms with Crippen LogP contribution in [0.5, 0.6) is 5.75 Å². The van der Waals surface area contributed by atoms with E-state index in [2.05, 4.69) is 11.1 Å². The largest absolute Gasteiger partial charge is 0.441 e. The number of pyridine rings is 1. The Hall–Kier alpha value is -3.79. The lowest BCUT2D eigenvalue weighted by molar-refractivity contribution is -0.384. The molecule has 0 saturated carbocycles. The van der Waals surface area contributed by atoms with Crippen molar-refractivity contribution in [2.75, 3.05) is 0 Å². The molecule has 3 aromatic rings. The summed E-state index contributed by atoms with van der Waals surface area (Å²) in [5.41, 5.74) is 1.98. The molecule has 2 aromatic carbocycles. The van der Waals surface area contributed by atoms with E-state index in [-0.39, 0.29) is 11.6 Å². The summed E-state index contributed by atoms with van der Waals surface area (Å²) in [7, 11) is 0. The Bertz CT molecular complexity index is 1100. The molecule has 0 amide bonds. The van der Waals surface area contributed by atoms with Crippen LogP contribution in [0.25, 0.3) is 10.9 Å². The molecule has 1 aliphatic rings. The first kappa shape index (κ1) is 15.7. The fourth-order valence-corrected chi connectivity index (χ4v) is 3.34. The van der Waals surface area contributed by atoms with Crippen molar-refractivity contribution < 1.29 is 9.66 Å². The van der Waals surface area contributed by atoms with Gasteiger partial charge in [0.05, 0.1) is 16.5 Å². The lowest BCUT2D eigenvalue weighted by Gasteiger charge is -2.30. The van der Waals surface area contributed by atoms with Crippen LogP contribution in [-0.2, 0) is 0 Å². The summed E-state index contributed by atoms with van der Waals surface area (Å²) < 4.78 is 5.66. The molecule has 0 aliphatic carbocycles. The molecule has 126 valence electrons. The molecule has 2 atom stereocenters. The van der Waals surface area contributed by atoms with Crippen LogP contribution < -0.4 is 4.74 Å². The summed E-state index contributed by atoms with van der Waals surface area (Å²) in [5.74, 6) is -1.09. The molecule has 26 heavy (non-hydrogen) atoms. The number of nitro benzene ring substituents is 1. The van der Waals surface area contributed by atoms with E-state index in [4.69, 9.17) is 10.1 Å². The van der Waals surface area contributed by atoms with Gasteiger partial charge in [-0.1, -0.05) is 18.2 Å². The highest BCUT2D eigenvalue weighted by atomic mass is 16.6. The van der Waals surface area contributed by atoms with Crippen LogP contribution in [-0.4, -0.2) is 15.8 Å². The zero-order valence-electron chi connectivity index (χ0n) is 13.4. The van der Waals surface area contributed by atoms with E-state index >= 15 is 0 Å². The van der Waals surface area contributed by atoms with E-state index in [0.717, 1.165) is 5.39 Å². The van der Waals surface area contributed by atoms with Crippen molar-refractivity contribution in [3.05, 3.63) is 76.0 Å². The molecule has 0 bridgehead atoms. The van der Waals surface area contributed by atoms with Gasteiger partial charge in [0.2, 0.25) is 5.90 Å². The SMILES string of the molecule is N#CC1C(=N)Oc2c(ccc3ncccc23)C1c1cccc([N+](=O)[O-])c1. The fraction of sp³-hybridized carbons (Fsp3) is 0.105. The third-order valence-electron chi connectivity index (χ3n) is 4.51. The number of ether oxygens (including phenoxy) is 1. The first-order valence-electron chi connectivity index (χ1n) is 7.88. The molecule has 0 radical (unpaired) electrons. The average molecular weight is 344 g/mol. The van der Waals surface area contributed by atoms with Gasteiger partial charge in [-0.05, 0) is 23.8 Å². The number of fused-ring (bicyclic) bond motifs is 3. The van der Waals surface area contributed by atoms with Gasteiger partial charge < -0.3 is 4.74 Å². The molecule has 7 nitrogen and oxygen atoms in total. The number of rotatable bonds is 2. The van der Waals surface area contributed by atoms with Crippen molar-refractivity contribution in [3.8, 4) is 11.8 Å². The lowest BCUT2D eigenvalue weighted by atomic mass is 9.78. The smallest absolute Gasteiger partial charge is 0.269 e. The number of aromatic nitrogens is 1. The zero-order chi connectivity index (χ0) is 18.3. The van der Waals surface area contributed by atoms with E-state index in [1.54, 1.807) is 24.4 Å². The molecule has 2 heterocycles. The summed E-state index contributed by atoms with van der Waals surface area (Å²) >= 11 is 0. The molecular formula is C19H12N4O3. The minimum Gasteiger partial charge on any atom is -0.441 e. The zero-order valence-corrected chi connectivity index (χ0v) is 13.4. The molecule has 2 unspecified atom stereocenters. The Morgan fingerprint density at radius 3 is 2.85 bits per heavy atom. The quantitative estimate of drug-likeness (QED) is 0.561. The van der Waals surface area contributed by atoms with Crippen molar-refractivity contribution in [2.45, 2.75) is 5.92 Å². The molecule has 1 N–H and O–H groups in total. The van der Waals surface area contributed by atoms with Gasteiger partial charge >= 0.3 is 0 Å². The topological polar surface area (TPSA) is 113 Å². The number of benzene rings is 2. The maximum absolute atomic E-state index is 11.1. The van der Waals surface area contributed by atoms with Crippen LogP contribution in [0.1, 0.15) is 17.0 Å². The number of nitrogens with zero attached hydrogens (tertiary/aromatic N) is 3. The molecule has 4 rings (SSSR count).